The van der Waals surface area contributed by atoms with Crippen molar-refractivity contribution in [1.82, 2.24) is 5.32 Å². The normalized spacial score (nSPS) is 34.8. The molecular formula is C13H25NO. The lowest BCUT2D eigenvalue weighted by Gasteiger charge is -2.45. The van der Waals surface area contributed by atoms with Crippen LogP contribution < -0.4 is 5.32 Å². The van der Waals surface area contributed by atoms with Crippen LogP contribution in [0.2, 0.25) is 0 Å². The number of aliphatic hydroxyl groups is 1. The highest BCUT2D eigenvalue weighted by molar-refractivity contribution is 4.98. The lowest BCUT2D eigenvalue weighted by Crippen LogP contribution is -2.58. The summed E-state index contributed by atoms with van der Waals surface area (Å²) in [4.78, 5) is 0. The van der Waals surface area contributed by atoms with Crippen LogP contribution in [-0.4, -0.2) is 23.3 Å². The highest BCUT2D eigenvalue weighted by atomic mass is 16.3. The van der Waals surface area contributed by atoms with Gasteiger partial charge in [0.15, 0.2) is 0 Å². The third-order valence-electron chi connectivity index (χ3n) is 4.55. The van der Waals surface area contributed by atoms with E-state index in [4.69, 9.17) is 0 Å². The van der Waals surface area contributed by atoms with Gasteiger partial charge in [0.1, 0.15) is 0 Å². The van der Waals surface area contributed by atoms with Crippen LogP contribution in [0.25, 0.3) is 0 Å². The Morgan fingerprint density at radius 2 is 1.87 bits per heavy atom. The Hall–Kier alpha value is -0.0800. The maximum Gasteiger partial charge on any atom is 0.0613 e. The van der Waals surface area contributed by atoms with E-state index in [0.717, 1.165) is 5.92 Å². The van der Waals surface area contributed by atoms with E-state index in [-0.39, 0.29) is 5.54 Å². The predicted molar refractivity (Wildman–Crippen MR) is 62.8 cm³/mol. The van der Waals surface area contributed by atoms with Gasteiger partial charge in [0, 0.05) is 11.6 Å². The Balaban J connectivity index is 1.76. The van der Waals surface area contributed by atoms with Crippen molar-refractivity contribution in [2.75, 3.05) is 6.61 Å². The van der Waals surface area contributed by atoms with Crippen molar-refractivity contribution in [2.45, 2.75) is 69.9 Å². The summed E-state index contributed by atoms with van der Waals surface area (Å²) >= 11 is 0. The molecule has 0 aromatic rings. The summed E-state index contributed by atoms with van der Waals surface area (Å²) in [5, 5.41) is 13.1. The van der Waals surface area contributed by atoms with Gasteiger partial charge in [-0.15, -0.1) is 0 Å². The molecule has 2 saturated carbocycles. The third-order valence-corrected chi connectivity index (χ3v) is 4.55. The number of rotatable bonds is 4. The van der Waals surface area contributed by atoms with E-state index in [1.54, 1.807) is 0 Å². The molecule has 2 fully saturated rings. The first kappa shape index (κ1) is 11.4. The van der Waals surface area contributed by atoms with Crippen LogP contribution >= 0.6 is 0 Å². The third kappa shape index (κ3) is 2.54. The first-order valence-corrected chi connectivity index (χ1v) is 6.66. The number of hydrogen-bond acceptors (Lipinski definition) is 2. The van der Waals surface area contributed by atoms with E-state index in [0.29, 0.717) is 12.6 Å². The molecule has 2 rings (SSSR count). The minimum Gasteiger partial charge on any atom is -0.394 e. The molecule has 0 spiro atoms. The van der Waals surface area contributed by atoms with Gasteiger partial charge in [-0.25, -0.2) is 0 Å². The molecule has 0 aromatic heterocycles. The van der Waals surface area contributed by atoms with Crippen LogP contribution in [-0.2, 0) is 0 Å². The van der Waals surface area contributed by atoms with Gasteiger partial charge < -0.3 is 10.4 Å². The Morgan fingerprint density at radius 1 is 1.20 bits per heavy atom. The van der Waals surface area contributed by atoms with Gasteiger partial charge in [-0.3, -0.25) is 0 Å². The average Bonchev–Trinajstić information content (AvgIpc) is 2.24. The van der Waals surface area contributed by atoms with Crippen LogP contribution in [0, 0.1) is 5.92 Å². The second-order valence-electron chi connectivity index (χ2n) is 5.56. The van der Waals surface area contributed by atoms with E-state index >= 15 is 0 Å². The molecule has 0 aliphatic heterocycles. The minimum atomic E-state index is 0.115. The van der Waals surface area contributed by atoms with Crippen LogP contribution in [0.4, 0.5) is 0 Å². The molecule has 0 unspecified atom stereocenters. The Bertz CT molecular complexity index is 187. The highest BCUT2D eigenvalue weighted by Crippen LogP contribution is 2.34. The quantitative estimate of drug-likeness (QED) is 0.748. The fourth-order valence-electron chi connectivity index (χ4n) is 3.10. The molecule has 2 nitrogen and oxygen atoms in total. The van der Waals surface area contributed by atoms with Gasteiger partial charge in [0.05, 0.1) is 6.61 Å². The number of aliphatic hydroxyl groups excluding tert-OH is 1. The standard InChI is InChI=1S/C13H25NO/c1-2-11-4-6-12(7-5-11)14-13(10-15)8-3-9-13/h11-12,14-15H,2-10H2,1H3. The molecular weight excluding hydrogens is 186 g/mol. The zero-order valence-electron chi connectivity index (χ0n) is 9.97. The molecule has 2 aliphatic rings. The molecule has 0 amide bonds. The van der Waals surface area contributed by atoms with Crippen LogP contribution in [0.15, 0.2) is 0 Å². The summed E-state index contributed by atoms with van der Waals surface area (Å²) < 4.78 is 0. The van der Waals surface area contributed by atoms with Crippen LogP contribution in [0.1, 0.15) is 58.3 Å². The zero-order valence-corrected chi connectivity index (χ0v) is 9.97. The summed E-state index contributed by atoms with van der Waals surface area (Å²) in [6.45, 7) is 2.64. The van der Waals surface area contributed by atoms with Crippen LogP contribution in [0.5, 0.6) is 0 Å². The molecule has 2 aliphatic carbocycles. The second kappa shape index (κ2) is 4.84. The molecule has 0 heterocycles. The van der Waals surface area contributed by atoms with Gasteiger partial charge >= 0.3 is 0 Å². The van der Waals surface area contributed by atoms with Crippen molar-refractivity contribution in [3.8, 4) is 0 Å². The maximum absolute atomic E-state index is 9.40. The van der Waals surface area contributed by atoms with E-state index in [1.165, 1.54) is 51.4 Å². The molecule has 2 N–H and O–H groups in total. The number of nitrogens with one attached hydrogen (secondary N) is 1. The van der Waals surface area contributed by atoms with Crippen LogP contribution in [0.3, 0.4) is 0 Å². The van der Waals surface area contributed by atoms with E-state index < -0.39 is 0 Å². The molecule has 15 heavy (non-hydrogen) atoms. The minimum absolute atomic E-state index is 0.115. The number of hydrogen-bond donors (Lipinski definition) is 2. The second-order valence-corrected chi connectivity index (χ2v) is 5.56. The Morgan fingerprint density at radius 3 is 2.27 bits per heavy atom. The first-order chi connectivity index (χ1) is 7.28. The lowest BCUT2D eigenvalue weighted by atomic mass is 9.75. The fraction of sp³-hybridized carbons (Fsp3) is 1.00. The summed E-state index contributed by atoms with van der Waals surface area (Å²) in [6.07, 6.45) is 10.4. The molecule has 0 radical (unpaired) electrons. The Kier molecular flexibility index (Phi) is 3.68. The summed E-state index contributed by atoms with van der Waals surface area (Å²) in [5.41, 5.74) is 0.115. The first-order valence-electron chi connectivity index (χ1n) is 6.66. The van der Waals surface area contributed by atoms with Crippen molar-refractivity contribution in [3.63, 3.8) is 0 Å². The zero-order chi connectivity index (χ0) is 10.7. The van der Waals surface area contributed by atoms with Crippen molar-refractivity contribution < 1.29 is 5.11 Å². The predicted octanol–water partition coefficient (Wildman–Crippen LogP) is 2.46. The van der Waals surface area contributed by atoms with Crippen molar-refractivity contribution >= 4 is 0 Å². The molecule has 88 valence electrons. The van der Waals surface area contributed by atoms with E-state index in [2.05, 4.69) is 12.2 Å². The molecule has 0 bridgehead atoms. The topological polar surface area (TPSA) is 32.3 Å². The van der Waals surface area contributed by atoms with E-state index in [9.17, 15) is 5.11 Å². The molecule has 0 saturated heterocycles. The van der Waals surface area contributed by atoms with Gasteiger partial charge in [-0.05, 0) is 50.9 Å². The highest BCUT2D eigenvalue weighted by Gasteiger charge is 2.38. The molecule has 0 aromatic carbocycles. The van der Waals surface area contributed by atoms with E-state index in [1.807, 2.05) is 0 Å². The van der Waals surface area contributed by atoms with Crippen molar-refractivity contribution in [1.29, 1.82) is 0 Å². The smallest absolute Gasteiger partial charge is 0.0613 e. The molecule has 0 atom stereocenters. The van der Waals surface area contributed by atoms with Crippen molar-refractivity contribution in [2.24, 2.45) is 5.92 Å². The van der Waals surface area contributed by atoms with Gasteiger partial charge in [-0.2, -0.15) is 0 Å². The lowest BCUT2D eigenvalue weighted by molar-refractivity contribution is 0.0673. The monoisotopic (exact) mass is 211 g/mol. The van der Waals surface area contributed by atoms with Gasteiger partial charge in [0.2, 0.25) is 0 Å². The fourth-order valence-corrected chi connectivity index (χ4v) is 3.10. The average molecular weight is 211 g/mol. The molecule has 2 heteroatoms. The Labute approximate surface area is 93.5 Å². The summed E-state index contributed by atoms with van der Waals surface area (Å²) in [6, 6.07) is 0.681. The summed E-state index contributed by atoms with van der Waals surface area (Å²) in [5.74, 6) is 0.967. The van der Waals surface area contributed by atoms with Crippen molar-refractivity contribution in [3.05, 3.63) is 0 Å². The SMILES string of the molecule is CCC1CCC(NC2(CO)CCC2)CC1. The van der Waals surface area contributed by atoms with Gasteiger partial charge in [0.25, 0.3) is 0 Å². The summed E-state index contributed by atoms with van der Waals surface area (Å²) in [7, 11) is 0. The largest absolute Gasteiger partial charge is 0.394 e. The van der Waals surface area contributed by atoms with Gasteiger partial charge in [-0.1, -0.05) is 13.3 Å². The maximum atomic E-state index is 9.40.